The van der Waals surface area contributed by atoms with Crippen LogP contribution >= 0.6 is 0 Å². The lowest BCUT2D eigenvalue weighted by atomic mass is 9.71. The Balaban J connectivity index is 1.26. The second-order valence-electron chi connectivity index (χ2n) is 12.0. The van der Waals surface area contributed by atoms with Crippen LogP contribution in [0.3, 0.4) is 0 Å². The summed E-state index contributed by atoms with van der Waals surface area (Å²) in [6, 6.07) is 0. The van der Waals surface area contributed by atoms with E-state index < -0.39 is 35.8 Å². The number of rotatable bonds is 8. The third-order valence-electron chi connectivity index (χ3n) is 10.1. The fourth-order valence-corrected chi connectivity index (χ4v) is 8.43. The van der Waals surface area contributed by atoms with Crippen LogP contribution in [-0.2, 0) is 33.3 Å². The first-order valence-corrected chi connectivity index (χ1v) is 14.0. The average molecular weight is 491 g/mol. The quantitative estimate of drug-likeness (QED) is 0.361. The van der Waals surface area contributed by atoms with Crippen molar-refractivity contribution in [1.82, 2.24) is 0 Å². The van der Waals surface area contributed by atoms with E-state index in [0.717, 1.165) is 31.6 Å². The van der Waals surface area contributed by atoms with Gasteiger partial charge in [0.2, 0.25) is 0 Å². The summed E-state index contributed by atoms with van der Waals surface area (Å²) in [6.07, 6.45) is 7.92. The van der Waals surface area contributed by atoms with Crippen LogP contribution in [0.2, 0.25) is 0 Å². The minimum atomic E-state index is -0.710. The molecule has 3 aliphatic carbocycles. The standard InChI is InChI=1S/C28H42O7/c1-5-28(14-17-13-21(28)19-9-7-8-18(17)19)35-25(29)16(4)12-20-23(27(31)34-26(20)30)24-15(3)10-11-22(33-24)32-6-2/h15-24H,5-14H2,1-4H3. The zero-order valence-electron chi connectivity index (χ0n) is 21.7. The molecule has 196 valence electrons. The Morgan fingerprint density at radius 1 is 1.11 bits per heavy atom. The molecular weight excluding hydrogens is 448 g/mol. The summed E-state index contributed by atoms with van der Waals surface area (Å²) in [4.78, 5) is 38.8. The third kappa shape index (κ3) is 4.35. The van der Waals surface area contributed by atoms with E-state index in [4.69, 9.17) is 18.9 Å². The fraction of sp³-hybridized carbons (Fsp3) is 0.893. The number of esters is 3. The highest BCUT2D eigenvalue weighted by atomic mass is 16.7. The summed E-state index contributed by atoms with van der Waals surface area (Å²) in [5.74, 6) is -0.462. The molecule has 0 amide bonds. The first kappa shape index (κ1) is 25.2. The van der Waals surface area contributed by atoms with Crippen molar-refractivity contribution in [2.45, 2.75) is 103 Å². The number of fused-ring (bicyclic) bond motifs is 5. The van der Waals surface area contributed by atoms with Gasteiger partial charge in [-0.05, 0) is 82.0 Å². The molecule has 7 nitrogen and oxygen atoms in total. The molecule has 11 unspecified atom stereocenters. The van der Waals surface area contributed by atoms with Crippen molar-refractivity contribution >= 4 is 17.9 Å². The van der Waals surface area contributed by atoms with Crippen LogP contribution in [0.15, 0.2) is 0 Å². The number of cyclic esters (lactones) is 2. The van der Waals surface area contributed by atoms with Gasteiger partial charge in [0.05, 0.1) is 23.9 Å². The largest absolute Gasteiger partial charge is 0.459 e. The molecule has 0 aromatic heterocycles. The second-order valence-corrected chi connectivity index (χ2v) is 12.0. The predicted molar refractivity (Wildman–Crippen MR) is 127 cm³/mol. The van der Waals surface area contributed by atoms with Crippen molar-refractivity contribution in [3.63, 3.8) is 0 Å². The van der Waals surface area contributed by atoms with Crippen LogP contribution < -0.4 is 0 Å². The van der Waals surface area contributed by atoms with Crippen molar-refractivity contribution in [2.75, 3.05) is 6.61 Å². The van der Waals surface area contributed by atoms with E-state index in [9.17, 15) is 14.4 Å². The molecule has 2 aliphatic heterocycles. The van der Waals surface area contributed by atoms with Gasteiger partial charge in [0.15, 0.2) is 6.29 Å². The summed E-state index contributed by atoms with van der Waals surface area (Å²) >= 11 is 0. The molecule has 0 N–H and O–H groups in total. The molecule has 0 aromatic carbocycles. The maximum absolute atomic E-state index is 13.4. The second kappa shape index (κ2) is 9.77. The summed E-state index contributed by atoms with van der Waals surface area (Å²) in [5.41, 5.74) is -0.362. The molecule has 35 heavy (non-hydrogen) atoms. The van der Waals surface area contributed by atoms with Crippen LogP contribution in [0.25, 0.3) is 0 Å². The monoisotopic (exact) mass is 490 g/mol. The molecular formula is C28H42O7. The van der Waals surface area contributed by atoms with Gasteiger partial charge in [-0.1, -0.05) is 27.2 Å². The normalized spacial score (nSPS) is 45.4. The Morgan fingerprint density at radius 2 is 1.89 bits per heavy atom. The fourth-order valence-electron chi connectivity index (χ4n) is 8.43. The van der Waals surface area contributed by atoms with Gasteiger partial charge in [-0.3, -0.25) is 14.4 Å². The van der Waals surface area contributed by atoms with Crippen molar-refractivity contribution < 1.29 is 33.3 Å². The van der Waals surface area contributed by atoms with Gasteiger partial charge in [0, 0.05) is 12.5 Å². The maximum Gasteiger partial charge on any atom is 0.320 e. The van der Waals surface area contributed by atoms with E-state index in [1.54, 1.807) is 0 Å². The SMILES string of the molecule is CCOC1CCC(C)C(C2C(=O)OC(=O)C2CC(C)C(=O)OC2(CC)CC3CC2C2CCCC32)O1. The number of carbonyl (C=O) groups is 3. The van der Waals surface area contributed by atoms with E-state index >= 15 is 0 Å². The van der Waals surface area contributed by atoms with E-state index in [-0.39, 0.29) is 30.2 Å². The van der Waals surface area contributed by atoms with Crippen molar-refractivity contribution in [1.29, 1.82) is 0 Å². The Morgan fingerprint density at radius 3 is 2.63 bits per heavy atom. The lowest BCUT2D eigenvalue weighted by molar-refractivity contribution is -0.221. The van der Waals surface area contributed by atoms with Crippen molar-refractivity contribution in [2.24, 2.45) is 47.3 Å². The minimum absolute atomic E-state index is 0.0941. The summed E-state index contributed by atoms with van der Waals surface area (Å²) in [5, 5.41) is 0. The minimum Gasteiger partial charge on any atom is -0.459 e. The van der Waals surface area contributed by atoms with Gasteiger partial charge in [0.25, 0.3) is 0 Å². The Hall–Kier alpha value is -1.47. The molecule has 3 saturated carbocycles. The van der Waals surface area contributed by atoms with Gasteiger partial charge in [-0.2, -0.15) is 0 Å². The van der Waals surface area contributed by atoms with E-state index in [1.807, 2.05) is 20.8 Å². The van der Waals surface area contributed by atoms with Crippen LogP contribution in [0.5, 0.6) is 0 Å². The molecule has 11 atom stereocenters. The molecule has 0 radical (unpaired) electrons. The molecule has 2 saturated heterocycles. The Bertz CT molecular complexity index is 841. The number of ether oxygens (including phenoxy) is 4. The van der Waals surface area contributed by atoms with Gasteiger partial charge in [-0.25, -0.2) is 0 Å². The molecule has 5 aliphatic rings. The lowest BCUT2D eigenvalue weighted by Gasteiger charge is -2.42. The van der Waals surface area contributed by atoms with E-state index in [2.05, 4.69) is 6.92 Å². The van der Waals surface area contributed by atoms with Crippen molar-refractivity contribution in [3.8, 4) is 0 Å². The van der Waals surface area contributed by atoms with Crippen LogP contribution in [0.4, 0.5) is 0 Å². The molecule has 7 heteroatoms. The third-order valence-corrected chi connectivity index (χ3v) is 10.1. The first-order chi connectivity index (χ1) is 16.8. The molecule has 0 spiro atoms. The molecule has 0 aromatic rings. The summed E-state index contributed by atoms with van der Waals surface area (Å²) < 4.78 is 23.2. The smallest absolute Gasteiger partial charge is 0.320 e. The van der Waals surface area contributed by atoms with Gasteiger partial charge in [0.1, 0.15) is 5.60 Å². The van der Waals surface area contributed by atoms with Gasteiger partial charge in [-0.15, -0.1) is 0 Å². The zero-order valence-corrected chi connectivity index (χ0v) is 21.7. The highest BCUT2D eigenvalue weighted by molar-refractivity contribution is 5.97. The maximum atomic E-state index is 13.4. The highest BCUT2D eigenvalue weighted by Crippen LogP contribution is 2.64. The van der Waals surface area contributed by atoms with E-state index in [0.29, 0.717) is 24.4 Å². The zero-order chi connectivity index (χ0) is 24.9. The van der Waals surface area contributed by atoms with Crippen LogP contribution in [0, 0.1) is 47.3 Å². The topological polar surface area (TPSA) is 88.1 Å². The number of hydrogen-bond donors (Lipinski definition) is 0. The Kier molecular flexibility index (Phi) is 7.03. The van der Waals surface area contributed by atoms with Gasteiger partial charge < -0.3 is 18.9 Å². The first-order valence-electron chi connectivity index (χ1n) is 14.0. The number of carbonyl (C=O) groups excluding carboxylic acids is 3. The molecule has 2 heterocycles. The average Bonchev–Trinajstić information content (AvgIpc) is 3.57. The highest BCUT2D eigenvalue weighted by Gasteiger charge is 2.62. The summed E-state index contributed by atoms with van der Waals surface area (Å²) in [6.45, 7) is 8.43. The number of hydrogen-bond acceptors (Lipinski definition) is 7. The molecule has 2 bridgehead atoms. The predicted octanol–water partition coefficient (Wildman–Crippen LogP) is 4.65. The summed E-state index contributed by atoms with van der Waals surface area (Å²) in [7, 11) is 0. The molecule has 5 rings (SSSR count). The van der Waals surface area contributed by atoms with E-state index in [1.165, 1.54) is 25.7 Å². The van der Waals surface area contributed by atoms with Crippen molar-refractivity contribution in [3.05, 3.63) is 0 Å². The Labute approximate surface area is 209 Å². The lowest BCUT2D eigenvalue weighted by Crippen LogP contribution is -2.46. The van der Waals surface area contributed by atoms with Gasteiger partial charge >= 0.3 is 17.9 Å². The van der Waals surface area contributed by atoms with Crippen LogP contribution in [0.1, 0.15) is 85.5 Å². The molecule has 5 fully saturated rings. The van der Waals surface area contributed by atoms with Crippen LogP contribution in [-0.4, -0.2) is 42.5 Å².